The molecular weight excluding hydrogens is 344 g/mol. The SMILES string of the molecule is C#CCn1c(=NC(=O)C2CCCC2)sc2cc(S(C)(=O)=O)ccc21. The summed E-state index contributed by atoms with van der Waals surface area (Å²) >= 11 is 1.30. The van der Waals surface area contributed by atoms with Gasteiger partial charge in [0.15, 0.2) is 14.6 Å². The highest BCUT2D eigenvalue weighted by molar-refractivity contribution is 7.90. The molecule has 2 aromatic rings. The average molecular weight is 362 g/mol. The number of rotatable bonds is 3. The Morgan fingerprint density at radius 3 is 2.75 bits per heavy atom. The van der Waals surface area contributed by atoms with E-state index in [0.29, 0.717) is 4.80 Å². The summed E-state index contributed by atoms with van der Waals surface area (Å²) < 4.78 is 26.0. The number of fused-ring (bicyclic) bond motifs is 1. The van der Waals surface area contributed by atoms with Gasteiger partial charge in [-0.1, -0.05) is 30.1 Å². The second-order valence-electron chi connectivity index (χ2n) is 6.01. The number of terminal acetylenes is 1. The molecule has 0 atom stereocenters. The molecule has 5 nitrogen and oxygen atoms in total. The first-order chi connectivity index (χ1) is 11.4. The number of hydrogen-bond donors (Lipinski definition) is 0. The van der Waals surface area contributed by atoms with Gasteiger partial charge >= 0.3 is 0 Å². The van der Waals surface area contributed by atoms with E-state index >= 15 is 0 Å². The molecule has 1 aliphatic rings. The number of nitrogens with zero attached hydrogens (tertiary/aromatic N) is 2. The highest BCUT2D eigenvalue weighted by Crippen LogP contribution is 2.26. The fraction of sp³-hybridized carbons (Fsp3) is 0.412. The maximum atomic E-state index is 12.4. The van der Waals surface area contributed by atoms with Gasteiger partial charge in [0.2, 0.25) is 0 Å². The van der Waals surface area contributed by atoms with Gasteiger partial charge in [-0.15, -0.1) is 6.42 Å². The molecular formula is C17H18N2O3S2. The van der Waals surface area contributed by atoms with Gasteiger partial charge in [-0.05, 0) is 31.0 Å². The highest BCUT2D eigenvalue weighted by atomic mass is 32.2. The molecule has 1 fully saturated rings. The Morgan fingerprint density at radius 1 is 1.42 bits per heavy atom. The lowest BCUT2D eigenvalue weighted by Gasteiger charge is -2.03. The fourth-order valence-electron chi connectivity index (χ4n) is 2.97. The quantitative estimate of drug-likeness (QED) is 0.787. The van der Waals surface area contributed by atoms with Crippen LogP contribution in [0.1, 0.15) is 25.7 Å². The van der Waals surface area contributed by atoms with Crippen LogP contribution in [0.25, 0.3) is 10.2 Å². The molecule has 0 aliphatic heterocycles. The van der Waals surface area contributed by atoms with Crippen LogP contribution in [0, 0.1) is 18.3 Å². The topological polar surface area (TPSA) is 68.5 Å². The van der Waals surface area contributed by atoms with E-state index in [-0.39, 0.29) is 23.3 Å². The predicted octanol–water partition coefficient (Wildman–Crippen LogP) is 2.36. The molecule has 24 heavy (non-hydrogen) atoms. The molecule has 0 spiro atoms. The summed E-state index contributed by atoms with van der Waals surface area (Å²) in [4.78, 5) is 17.4. The Morgan fingerprint density at radius 2 is 2.12 bits per heavy atom. The Balaban J connectivity index is 2.14. The second-order valence-corrected chi connectivity index (χ2v) is 9.03. The predicted molar refractivity (Wildman–Crippen MR) is 94.3 cm³/mol. The van der Waals surface area contributed by atoms with E-state index in [1.54, 1.807) is 22.8 Å². The minimum atomic E-state index is -3.29. The summed E-state index contributed by atoms with van der Waals surface area (Å²) in [5.41, 5.74) is 0.795. The lowest BCUT2D eigenvalue weighted by Crippen LogP contribution is -2.19. The van der Waals surface area contributed by atoms with E-state index in [1.165, 1.54) is 17.6 Å². The van der Waals surface area contributed by atoms with Crippen LogP contribution in [0.2, 0.25) is 0 Å². The van der Waals surface area contributed by atoms with Gasteiger partial charge in [-0.25, -0.2) is 8.42 Å². The zero-order chi connectivity index (χ0) is 17.3. The molecule has 126 valence electrons. The monoisotopic (exact) mass is 362 g/mol. The van der Waals surface area contributed by atoms with Crippen molar-refractivity contribution in [2.45, 2.75) is 37.1 Å². The second kappa shape index (κ2) is 6.54. The molecule has 7 heteroatoms. The van der Waals surface area contributed by atoms with Crippen molar-refractivity contribution in [2.24, 2.45) is 10.9 Å². The summed E-state index contributed by atoms with van der Waals surface area (Å²) in [5.74, 6) is 2.47. The third-order valence-corrected chi connectivity index (χ3v) is 6.39. The van der Waals surface area contributed by atoms with E-state index in [9.17, 15) is 13.2 Å². The first kappa shape index (κ1) is 16.9. The van der Waals surface area contributed by atoms with Crippen molar-refractivity contribution in [1.29, 1.82) is 0 Å². The maximum absolute atomic E-state index is 12.4. The van der Waals surface area contributed by atoms with Crippen molar-refractivity contribution in [3.8, 4) is 12.3 Å². The molecule has 0 bridgehead atoms. The van der Waals surface area contributed by atoms with Crippen molar-refractivity contribution >= 4 is 37.3 Å². The van der Waals surface area contributed by atoms with Crippen LogP contribution < -0.4 is 4.80 Å². The smallest absolute Gasteiger partial charge is 0.251 e. The normalized spacial score (nSPS) is 16.6. The molecule has 1 aromatic carbocycles. The number of thiazole rings is 1. The number of amides is 1. The summed E-state index contributed by atoms with van der Waals surface area (Å²) in [6.07, 6.45) is 10.5. The van der Waals surface area contributed by atoms with E-state index in [2.05, 4.69) is 10.9 Å². The average Bonchev–Trinajstić information content (AvgIpc) is 3.15. The maximum Gasteiger partial charge on any atom is 0.251 e. The molecule has 1 saturated carbocycles. The number of sulfone groups is 1. The summed E-state index contributed by atoms with van der Waals surface area (Å²) in [5, 5.41) is 0. The van der Waals surface area contributed by atoms with Gasteiger partial charge < -0.3 is 4.57 Å². The third kappa shape index (κ3) is 3.30. The molecule has 1 heterocycles. The van der Waals surface area contributed by atoms with E-state index < -0.39 is 9.84 Å². The van der Waals surface area contributed by atoms with Crippen LogP contribution in [0.3, 0.4) is 0 Å². The number of hydrogen-bond acceptors (Lipinski definition) is 4. The number of aromatic nitrogens is 1. The van der Waals surface area contributed by atoms with Crippen LogP contribution in [0.15, 0.2) is 28.1 Å². The summed E-state index contributed by atoms with van der Waals surface area (Å²) in [6.45, 7) is 0.287. The van der Waals surface area contributed by atoms with E-state index in [1.807, 2.05) is 0 Å². The zero-order valence-corrected chi connectivity index (χ0v) is 15.0. The Labute approximate surface area is 145 Å². The Kier molecular flexibility index (Phi) is 4.61. The van der Waals surface area contributed by atoms with E-state index in [4.69, 9.17) is 6.42 Å². The lowest BCUT2D eigenvalue weighted by molar-refractivity contribution is -0.121. The fourth-order valence-corrected chi connectivity index (χ4v) is 4.77. The molecule has 0 unspecified atom stereocenters. The summed E-state index contributed by atoms with van der Waals surface area (Å²) in [6, 6.07) is 4.89. The minimum absolute atomic E-state index is 0.000999. The van der Waals surface area contributed by atoms with Gasteiger partial charge in [0.05, 0.1) is 21.7 Å². The molecule has 0 N–H and O–H groups in total. The minimum Gasteiger partial charge on any atom is -0.305 e. The van der Waals surface area contributed by atoms with Crippen LogP contribution in [0.4, 0.5) is 0 Å². The molecule has 1 amide bonds. The van der Waals surface area contributed by atoms with Gasteiger partial charge in [0, 0.05) is 12.2 Å². The van der Waals surface area contributed by atoms with Crippen LogP contribution >= 0.6 is 11.3 Å². The zero-order valence-electron chi connectivity index (χ0n) is 13.4. The number of carbonyl (C=O) groups is 1. The van der Waals surface area contributed by atoms with Crippen LogP contribution in [-0.2, 0) is 21.2 Å². The van der Waals surface area contributed by atoms with Crippen molar-refractivity contribution in [1.82, 2.24) is 4.57 Å². The van der Waals surface area contributed by atoms with Crippen molar-refractivity contribution in [3.05, 3.63) is 23.0 Å². The number of benzene rings is 1. The first-order valence-corrected chi connectivity index (χ1v) is 10.5. The first-order valence-electron chi connectivity index (χ1n) is 7.75. The Bertz CT molecular complexity index is 1000. The lowest BCUT2D eigenvalue weighted by atomic mass is 10.1. The molecule has 1 aliphatic carbocycles. The third-order valence-electron chi connectivity index (χ3n) is 4.24. The molecule has 1 aromatic heterocycles. The van der Waals surface area contributed by atoms with Gasteiger partial charge in [0.1, 0.15) is 0 Å². The van der Waals surface area contributed by atoms with Crippen molar-refractivity contribution in [2.75, 3.05) is 6.26 Å². The Hall–Kier alpha value is -1.91. The molecule has 0 saturated heterocycles. The highest BCUT2D eigenvalue weighted by Gasteiger charge is 2.22. The van der Waals surface area contributed by atoms with Gasteiger partial charge in [-0.3, -0.25) is 4.79 Å². The van der Waals surface area contributed by atoms with Gasteiger partial charge in [0.25, 0.3) is 5.91 Å². The van der Waals surface area contributed by atoms with Crippen LogP contribution in [-0.4, -0.2) is 25.1 Å². The van der Waals surface area contributed by atoms with Crippen molar-refractivity contribution in [3.63, 3.8) is 0 Å². The number of carbonyl (C=O) groups excluding carboxylic acids is 1. The largest absolute Gasteiger partial charge is 0.305 e. The molecule has 3 rings (SSSR count). The summed E-state index contributed by atoms with van der Waals surface area (Å²) in [7, 11) is -3.29. The van der Waals surface area contributed by atoms with Crippen LogP contribution in [0.5, 0.6) is 0 Å². The molecule has 0 radical (unpaired) electrons. The standard InChI is InChI=1S/C17H18N2O3S2/c1-3-10-19-14-9-8-13(24(2,21)22)11-15(14)23-17(19)18-16(20)12-6-4-5-7-12/h1,8-9,11-12H,4-7,10H2,2H3. The van der Waals surface area contributed by atoms with Crippen molar-refractivity contribution < 1.29 is 13.2 Å². The van der Waals surface area contributed by atoms with E-state index in [0.717, 1.165) is 35.9 Å². The van der Waals surface area contributed by atoms with Gasteiger partial charge in [-0.2, -0.15) is 4.99 Å².